The van der Waals surface area contributed by atoms with Crippen LogP contribution in [0.5, 0.6) is 5.75 Å². The van der Waals surface area contributed by atoms with E-state index in [-0.39, 0.29) is 18.3 Å². The number of nitriles is 1. The summed E-state index contributed by atoms with van der Waals surface area (Å²) in [6, 6.07) is 8.65. The number of amides is 1. The Labute approximate surface area is 174 Å². The first kappa shape index (κ1) is 22.3. The smallest absolute Gasteiger partial charge is 0.219 e. The van der Waals surface area contributed by atoms with Crippen LogP contribution in [0.3, 0.4) is 0 Å². The van der Waals surface area contributed by atoms with Crippen LogP contribution in [0, 0.1) is 17.2 Å². The standard InChI is InChI=1S/C22H29N3O2.ClH/c1-3-19-4-5-20(22(16-23)8-10-24-11-9-22)14-21(19)27-15-18-6-12-25(13-7-18)17(2)26;/h3-5,14,18,24H,1,6-13,15H2,2H3;1H. The van der Waals surface area contributed by atoms with E-state index in [2.05, 4.69) is 18.0 Å². The number of nitrogens with one attached hydrogen (secondary N) is 1. The molecular weight excluding hydrogens is 374 g/mol. The van der Waals surface area contributed by atoms with Crippen molar-refractivity contribution in [2.75, 3.05) is 32.8 Å². The topological polar surface area (TPSA) is 65.4 Å². The quantitative estimate of drug-likeness (QED) is 0.816. The lowest BCUT2D eigenvalue weighted by atomic mass is 9.74. The van der Waals surface area contributed by atoms with Crippen molar-refractivity contribution in [3.8, 4) is 11.8 Å². The Balaban J connectivity index is 0.00000280. The van der Waals surface area contributed by atoms with Crippen molar-refractivity contribution in [1.82, 2.24) is 10.2 Å². The molecule has 2 aliphatic heterocycles. The van der Waals surface area contributed by atoms with Crippen LogP contribution in [0.1, 0.15) is 43.7 Å². The van der Waals surface area contributed by atoms with Crippen molar-refractivity contribution in [2.24, 2.45) is 5.92 Å². The van der Waals surface area contributed by atoms with Crippen molar-refractivity contribution in [3.05, 3.63) is 35.9 Å². The van der Waals surface area contributed by atoms with Crippen LogP contribution >= 0.6 is 12.4 Å². The van der Waals surface area contributed by atoms with Gasteiger partial charge in [-0.2, -0.15) is 5.26 Å². The number of hydrogen-bond acceptors (Lipinski definition) is 4. The molecule has 1 aromatic carbocycles. The number of piperidine rings is 2. The summed E-state index contributed by atoms with van der Waals surface area (Å²) in [6.45, 7) is 9.50. The molecule has 3 rings (SSSR count). The van der Waals surface area contributed by atoms with E-state index >= 15 is 0 Å². The van der Waals surface area contributed by atoms with Gasteiger partial charge < -0.3 is 15.0 Å². The average molecular weight is 404 g/mol. The average Bonchev–Trinajstić information content (AvgIpc) is 2.72. The fourth-order valence-corrected chi connectivity index (χ4v) is 4.07. The van der Waals surface area contributed by atoms with Crippen LogP contribution in [0.4, 0.5) is 0 Å². The van der Waals surface area contributed by atoms with Crippen molar-refractivity contribution in [3.63, 3.8) is 0 Å². The second-order valence-electron chi connectivity index (χ2n) is 7.66. The summed E-state index contributed by atoms with van der Waals surface area (Å²) in [5.41, 5.74) is 1.57. The third-order valence-corrected chi connectivity index (χ3v) is 5.99. The van der Waals surface area contributed by atoms with E-state index < -0.39 is 5.41 Å². The molecule has 1 N–H and O–H groups in total. The normalized spacial score (nSPS) is 19.2. The fraction of sp³-hybridized carbons (Fsp3) is 0.545. The zero-order valence-corrected chi connectivity index (χ0v) is 17.4. The predicted molar refractivity (Wildman–Crippen MR) is 114 cm³/mol. The van der Waals surface area contributed by atoms with E-state index in [1.165, 1.54) is 0 Å². The fourth-order valence-electron chi connectivity index (χ4n) is 4.07. The van der Waals surface area contributed by atoms with Gasteiger partial charge >= 0.3 is 0 Å². The number of carbonyl (C=O) groups excluding carboxylic acids is 1. The summed E-state index contributed by atoms with van der Waals surface area (Å²) in [5, 5.41) is 13.2. The molecule has 28 heavy (non-hydrogen) atoms. The highest BCUT2D eigenvalue weighted by Crippen LogP contribution is 2.36. The number of hydrogen-bond donors (Lipinski definition) is 1. The molecule has 2 fully saturated rings. The Morgan fingerprint density at radius 2 is 2.07 bits per heavy atom. The molecule has 5 nitrogen and oxygen atoms in total. The Morgan fingerprint density at radius 3 is 2.64 bits per heavy atom. The Kier molecular flexibility index (Phi) is 7.91. The van der Waals surface area contributed by atoms with Crippen molar-refractivity contribution >= 4 is 24.4 Å². The van der Waals surface area contributed by atoms with Gasteiger partial charge in [0.1, 0.15) is 5.75 Å². The summed E-state index contributed by atoms with van der Waals surface area (Å²) in [7, 11) is 0. The summed E-state index contributed by atoms with van der Waals surface area (Å²) < 4.78 is 6.18. The van der Waals surface area contributed by atoms with Gasteiger partial charge in [0.05, 0.1) is 18.1 Å². The summed E-state index contributed by atoms with van der Waals surface area (Å²) in [4.78, 5) is 13.4. The Morgan fingerprint density at radius 1 is 1.39 bits per heavy atom. The first-order chi connectivity index (χ1) is 13.1. The number of rotatable bonds is 5. The molecule has 2 aliphatic rings. The van der Waals surface area contributed by atoms with E-state index in [9.17, 15) is 10.1 Å². The summed E-state index contributed by atoms with van der Waals surface area (Å²) >= 11 is 0. The number of halogens is 1. The summed E-state index contributed by atoms with van der Waals surface area (Å²) in [6.07, 6.45) is 5.38. The van der Waals surface area contributed by atoms with Crippen LogP contribution in [0.15, 0.2) is 24.8 Å². The van der Waals surface area contributed by atoms with Crippen LogP contribution < -0.4 is 10.1 Å². The summed E-state index contributed by atoms with van der Waals surface area (Å²) in [5.74, 6) is 1.41. The SMILES string of the molecule is C=Cc1ccc(C2(C#N)CCNCC2)cc1OCC1CCN(C(C)=O)CC1.Cl. The molecule has 0 radical (unpaired) electrons. The van der Waals surface area contributed by atoms with Gasteiger partial charge in [-0.15, -0.1) is 12.4 Å². The first-order valence-corrected chi connectivity index (χ1v) is 9.85. The first-order valence-electron chi connectivity index (χ1n) is 9.85. The Hall–Kier alpha value is -2.03. The van der Waals surface area contributed by atoms with Crippen molar-refractivity contribution < 1.29 is 9.53 Å². The van der Waals surface area contributed by atoms with Gasteiger partial charge in [0.15, 0.2) is 0 Å². The highest BCUT2D eigenvalue weighted by atomic mass is 35.5. The molecule has 0 unspecified atom stereocenters. The highest BCUT2D eigenvalue weighted by molar-refractivity contribution is 5.85. The molecule has 0 atom stereocenters. The van der Waals surface area contributed by atoms with Crippen LogP contribution in [0.2, 0.25) is 0 Å². The van der Waals surface area contributed by atoms with E-state index in [0.717, 1.165) is 68.7 Å². The Bertz CT molecular complexity index is 730. The lowest BCUT2D eigenvalue weighted by molar-refractivity contribution is -0.130. The van der Waals surface area contributed by atoms with Gasteiger partial charge in [0.25, 0.3) is 0 Å². The van der Waals surface area contributed by atoms with Gasteiger partial charge in [0, 0.05) is 25.6 Å². The predicted octanol–water partition coefficient (Wildman–Crippen LogP) is 3.53. The number of likely N-dealkylation sites (tertiary alicyclic amines) is 1. The van der Waals surface area contributed by atoms with E-state index in [0.29, 0.717) is 12.5 Å². The molecule has 0 bridgehead atoms. The molecule has 152 valence electrons. The van der Waals surface area contributed by atoms with Crippen LogP contribution in [0.25, 0.3) is 6.08 Å². The zero-order valence-electron chi connectivity index (χ0n) is 16.6. The van der Waals surface area contributed by atoms with Gasteiger partial charge in [-0.25, -0.2) is 0 Å². The molecule has 6 heteroatoms. The number of ether oxygens (including phenoxy) is 1. The van der Waals surface area contributed by atoms with Crippen molar-refractivity contribution in [1.29, 1.82) is 5.26 Å². The zero-order chi connectivity index (χ0) is 19.3. The minimum Gasteiger partial charge on any atom is -0.493 e. The maximum Gasteiger partial charge on any atom is 0.219 e. The minimum absolute atomic E-state index is 0. The highest BCUT2D eigenvalue weighted by Gasteiger charge is 2.34. The third kappa shape index (κ3) is 4.87. The number of benzene rings is 1. The lowest BCUT2D eigenvalue weighted by Crippen LogP contribution is -2.39. The molecular formula is C22H30ClN3O2. The van der Waals surface area contributed by atoms with Gasteiger partial charge in [-0.05, 0) is 56.3 Å². The molecule has 0 aromatic heterocycles. The molecule has 1 aromatic rings. The van der Waals surface area contributed by atoms with Crippen molar-refractivity contribution in [2.45, 2.75) is 38.0 Å². The van der Waals surface area contributed by atoms with E-state index in [1.54, 1.807) is 13.0 Å². The molecule has 1 amide bonds. The second kappa shape index (κ2) is 9.95. The van der Waals surface area contributed by atoms with Gasteiger partial charge in [0.2, 0.25) is 5.91 Å². The van der Waals surface area contributed by atoms with Crippen LogP contribution in [-0.2, 0) is 10.2 Å². The number of nitrogens with zero attached hydrogens (tertiary/aromatic N) is 2. The third-order valence-electron chi connectivity index (χ3n) is 5.99. The van der Waals surface area contributed by atoms with E-state index in [4.69, 9.17) is 4.74 Å². The van der Waals surface area contributed by atoms with Gasteiger partial charge in [-0.1, -0.05) is 24.8 Å². The van der Waals surface area contributed by atoms with Crippen LogP contribution in [-0.4, -0.2) is 43.6 Å². The molecule has 2 heterocycles. The molecule has 0 aliphatic carbocycles. The monoisotopic (exact) mass is 403 g/mol. The maximum absolute atomic E-state index is 11.5. The maximum atomic E-state index is 11.5. The largest absolute Gasteiger partial charge is 0.493 e. The lowest BCUT2D eigenvalue weighted by Gasteiger charge is -2.33. The second-order valence-corrected chi connectivity index (χ2v) is 7.66. The molecule has 2 saturated heterocycles. The minimum atomic E-state index is -0.435. The van der Waals surface area contributed by atoms with Gasteiger partial charge in [-0.3, -0.25) is 4.79 Å². The molecule has 0 saturated carbocycles. The van der Waals surface area contributed by atoms with E-state index in [1.807, 2.05) is 23.1 Å². The molecule has 0 spiro atoms. The number of carbonyl (C=O) groups is 1.